The van der Waals surface area contributed by atoms with Crippen LogP contribution >= 0.6 is 15.9 Å². The summed E-state index contributed by atoms with van der Waals surface area (Å²) in [6.07, 6.45) is 0. The maximum absolute atomic E-state index is 11.7. The number of carbonyl (C=O) groups excluding carboxylic acids is 1. The second-order valence-corrected chi connectivity index (χ2v) is 5.45. The van der Waals surface area contributed by atoms with Crippen molar-refractivity contribution in [2.75, 3.05) is 0 Å². The summed E-state index contributed by atoms with van der Waals surface area (Å²) < 4.78 is 5.73. The summed E-state index contributed by atoms with van der Waals surface area (Å²) in [5.74, 6) is 0.154. The first-order valence-electron chi connectivity index (χ1n) is 4.87. The van der Waals surface area contributed by atoms with Gasteiger partial charge in [0.25, 0.3) is 5.91 Å². The summed E-state index contributed by atoms with van der Waals surface area (Å²) in [5.41, 5.74) is 0.0412. The van der Waals surface area contributed by atoms with Gasteiger partial charge in [0.15, 0.2) is 10.4 Å². The van der Waals surface area contributed by atoms with Crippen LogP contribution in [0.3, 0.4) is 0 Å². The molecular formula is C11H16BrNO2. The van der Waals surface area contributed by atoms with E-state index in [1.54, 1.807) is 12.1 Å². The van der Waals surface area contributed by atoms with Gasteiger partial charge in [-0.3, -0.25) is 4.79 Å². The molecule has 1 rings (SSSR count). The Bertz CT molecular complexity index is 352. The molecule has 0 aromatic carbocycles. The van der Waals surface area contributed by atoms with Crippen molar-refractivity contribution < 1.29 is 9.21 Å². The molecule has 0 saturated carbocycles. The van der Waals surface area contributed by atoms with Crippen molar-refractivity contribution in [2.45, 2.75) is 33.7 Å². The molecule has 0 spiro atoms. The lowest BCUT2D eigenvalue weighted by Gasteiger charge is -2.27. The Labute approximate surface area is 98.4 Å². The van der Waals surface area contributed by atoms with Gasteiger partial charge in [-0.15, -0.1) is 0 Å². The molecule has 1 aromatic heterocycles. The molecule has 0 radical (unpaired) electrons. The minimum Gasteiger partial charge on any atom is -0.444 e. The standard InChI is InChI=1S/C11H16BrNO2/c1-7(11(2,3)4)13-10(14)8-5-6-9(12)15-8/h5-7H,1-4H3,(H,13,14)/t7-/m0/s1. The molecule has 1 atom stereocenters. The van der Waals surface area contributed by atoms with E-state index in [-0.39, 0.29) is 17.4 Å². The first kappa shape index (κ1) is 12.3. The zero-order chi connectivity index (χ0) is 11.6. The fourth-order valence-corrected chi connectivity index (χ4v) is 1.23. The second-order valence-electron chi connectivity index (χ2n) is 4.66. The molecule has 0 saturated heterocycles. The Balaban J connectivity index is 2.64. The van der Waals surface area contributed by atoms with E-state index in [1.165, 1.54) is 0 Å². The predicted molar refractivity (Wildman–Crippen MR) is 62.8 cm³/mol. The zero-order valence-electron chi connectivity index (χ0n) is 9.43. The van der Waals surface area contributed by atoms with Crippen molar-refractivity contribution in [2.24, 2.45) is 5.41 Å². The van der Waals surface area contributed by atoms with E-state index < -0.39 is 0 Å². The van der Waals surface area contributed by atoms with E-state index in [4.69, 9.17) is 4.42 Å². The number of carbonyl (C=O) groups is 1. The third kappa shape index (κ3) is 3.38. The lowest BCUT2D eigenvalue weighted by atomic mass is 9.88. The van der Waals surface area contributed by atoms with Crippen LogP contribution in [0, 0.1) is 5.41 Å². The van der Waals surface area contributed by atoms with Crippen molar-refractivity contribution in [3.05, 3.63) is 22.6 Å². The van der Waals surface area contributed by atoms with Gasteiger partial charge in [0, 0.05) is 6.04 Å². The van der Waals surface area contributed by atoms with E-state index >= 15 is 0 Å². The Morgan fingerprint density at radius 3 is 2.47 bits per heavy atom. The van der Waals surface area contributed by atoms with Gasteiger partial charge >= 0.3 is 0 Å². The van der Waals surface area contributed by atoms with Crippen LogP contribution in [0.1, 0.15) is 38.2 Å². The van der Waals surface area contributed by atoms with Crippen LogP contribution in [0.4, 0.5) is 0 Å². The monoisotopic (exact) mass is 273 g/mol. The first-order valence-corrected chi connectivity index (χ1v) is 5.66. The second kappa shape index (κ2) is 4.39. The van der Waals surface area contributed by atoms with Crippen LogP contribution in [0.2, 0.25) is 0 Å². The number of hydrogen-bond donors (Lipinski definition) is 1. The summed E-state index contributed by atoms with van der Waals surface area (Å²) in [7, 11) is 0. The molecular weight excluding hydrogens is 258 g/mol. The van der Waals surface area contributed by atoms with E-state index in [2.05, 4.69) is 42.0 Å². The van der Waals surface area contributed by atoms with Crippen molar-refractivity contribution in [3.63, 3.8) is 0 Å². The maximum Gasteiger partial charge on any atom is 0.287 e. The van der Waals surface area contributed by atoms with Crippen LogP contribution < -0.4 is 5.32 Å². The largest absolute Gasteiger partial charge is 0.444 e. The Morgan fingerprint density at radius 2 is 2.07 bits per heavy atom. The fraction of sp³-hybridized carbons (Fsp3) is 0.545. The molecule has 1 amide bonds. The predicted octanol–water partition coefficient (Wildman–Crippen LogP) is 3.21. The molecule has 4 heteroatoms. The van der Waals surface area contributed by atoms with Crippen LogP contribution in [-0.4, -0.2) is 11.9 Å². The third-order valence-electron chi connectivity index (χ3n) is 2.44. The van der Waals surface area contributed by atoms with Gasteiger partial charge in [0.05, 0.1) is 0 Å². The van der Waals surface area contributed by atoms with Gasteiger partial charge in [-0.2, -0.15) is 0 Å². The van der Waals surface area contributed by atoms with E-state index in [9.17, 15) is 4.79 Å². The van der Waals surface area contributed by atoms with Gasteiger partial charge in [0.2, 0.25) is 0 Å². The number of amides is 1. The summed E-state index contributed by atoms with van der Waals surface area (Å²) >= 11 is 3.16. The molecule has 0 aliphatic carbocycles. The van der Waals surface area contributed by atoms with E-state index in [0.29, 0.717) is 10.4 Å². The number of nitrogens with one attached hydrogen (secondary N) is 1. The highest BCUT2D eigenvalue weighted by Crippen LogP contribution is 2.20. The highest BCUT2D eigenvalue weighted by Gasteiger charge is 2.23. The Hall–Kier alpha value is -0.770. The van der Waals surface area contributed by atoms with Crippen LogP contribution in [0.25, 0.3) is 0 Å². The van der Waals surface area contributed by atoms with Gasteiger partial charge in [-0.05, 0) is 40.4 Å². The number of furan rings is 1. The van der Waals surface area contributed by atoms with Gasteiger partial charge in [-0.1, -0.05) is 20.8 Å². The molecule has 15 heavy (non-hydrogen) atoms. The van der Waals surface area contributed by atoms with Crippen molar-refractivity contribution in [3.8, 4) is 0 Å². The normalized spacial score (nSPS) is 13.7. The van der Waals surface area contributed by atoms with E-state index in [0.717, 1.165) is 0 Å². The Kier molecular flexibility index (Phi) is 3.60. The summed E-state index contributed by atoms with van der Waals surface area (Å²) in [5, 5.41) is 2.90. The Morgan fingerprint density at radius 1 is 1.47 bits per heavy atom. The molecule has 84 valence electrons. The van der Waals surface area contributed by atoms with Gasteiger partial charge < -0.3 is 9.73 Å². The topological polar surface area (TPSA) is 42.2 Å². The minimum absolute atomic E-state index is 0.0412. The van der Waals surface area contributed by atoms with Crippen LogP contribution in [0.5, 0.6) is 0 Å². The third-order valence-corrected chi connectivity index (χ3v) is 2.87. The van der Waals surface area contributed by atoms with Gasteiger partial charge in [0.1, 0.15) is 0 Å². The first-order chi connectivity index (χ1) is 6.80. The van der Waals surface area contributed by atoms with Crippen LogP contribution in [-0.2, 0) is 0 Å². The molecule has 0 unspecified atom stereocenters. The average Bonchev–Trinajstić information content (AvgIpc) is 2.50. The lowest BCUT2D eigenvalue weighted by molar-refractivity contribution is 0.0880. The van der Waals surface area contributed by atoms with Gasteiger partial charge in [-0.25, -0.2) is 0 Å². The molecule has 1 aromatic rings. The average molecular weight is 274 g/mol. The van der Waals surface area contributed by atoms with Crippen molar-refractivity contribution in [1.82, 2.24) is 5.32 Å². The number of halogens is 1. The number of rotatable bonds is 2. The summed E-state index contributed by atoms with van der Waals surface area (Å²) in [6.45, 7) is 8.22. The molecule has 0 fully saturated rings. The zero-order valence-corrected chi connectivity index (χ0v) is 11.0. The summed E-state index contributed by atoms with van der Waals surface area (Å²) in [4.78, 5) is 11.7. The molecule has 0 aliphatic rings. The van der Waals surface area contributed by atoms with E-state index in [1.807, 2.05) is 6.92 Å². The molecule has 3 nitrogen and oxygen atoms in total. The minimum atomic E-state index is -0.178. The highest BCUT2D eigenvalue weighted by molar-refractivity contribution is 9.10. The maximum atomic E-state index is 11.7. The fourth-order valence-electron chi connectivity index (χ4n) is 0.921. The van der Waals surface area contributed by atoms with Crippen molar-refractivity contribution in [1.29, 1.82) is 0 Å². The quantitative estimate of drug-likeness (QED) is 0.899. The lowest BCUT2D eigenvalue weighted by Crippen LogP contribution is -2.41. The summed E-state index contributed by atoms with van der Waals surface area (Å²) in [6, 6.07) is 3.44. The van der Waals surface area contributed by atoms with Crippen molar-refractivity contribution >= 4 is 21.8 Å². The molecule has 1 heterocycles. The smallest absolute Gasteiger partial charge is 0.287 e. The molecule has 0 aliphatic heterocycles. The molecule has 1 N–H and O–H groups in total. The number of hydrogen-bond acceptors (Lipinski definition) is 2. The molecule has 0 bridgehead atoms. The van der Waals surface area contributed by atoms with Crippen LogP contribution in [0.15, 0.2) is 21.2 Å². The highest BCUT2D eigenvalue weighted by atomic mass is 79.9. The SMILES string of the molecule is C[C@H](NC(=O)c1ccc(Br)o1)C(C)(C)C.